The summed E-state index contributed by atoms with van der Waals surface area (Å²) in [4.78, 5) is 11.4. The Bertz CT molecular complexity index is 637. The fourth-order valence-electron chi connectivity index (χ4n) is 8.87. The van der Waals surface area contributed by atoms with E-state index < -0.39 is 5.97 Å². The topological polar surface area (TPSA) is 87.0 Å². The van der Waals surface area contributed by atoms with Crippen LogP contribution in [0.1, 0.15) is 72.1 Å². The van der Waals surface area contributed by atoms with Gasteiger partial charge in [0.1, 0.15) is 0 Å². The third-order valence-electron chi connectivity index (χ3n) is 10.3. The van der Waals surface area contributed by atoms with Gasteiger partial charge < -0.3 is 20.1 Å². The molecule has 4 saturated carbocycles. The fourth-order valence-corrected chi connectivity index (χ4v) is 8.87. The van der Waals surface area contributed by atoms with Gasteiger partial charge in [-0.2, -0.15) is 0 Å². The van der Waals surface area contributed by atoms with E-state index in [9.17, 15) is 20.1 Å². The lowest BCUT2D eigenvalue weighted by Gasteiger charge is -2.64. The second kappa shape index (κ2) is 7.49. The SMILES string of the molecule is COC1CC2C(C(O)CC3CC(O)CCC32C)C2CCC(C(C)CC(=O)O)C12C. The van der Waals surface area contributed by atoms with Crippen LogP contribution >= 0.6 is 0 Å². The normalized spacial score (nSPS) is 52.9. The van der Waals surface area contributed by atoms with Gasteiger partial charge in [-0.05, 0) is 85.9 Å². The molecule has 4 aliphatic rings. The number of hydrogen-bond donors (Lipinski definition) is 3. The quantitative estimate of drug-likeness (QED) is 0.660. The third kappa shape index (κ3) is 3.18. The van der Waals surface area contributed by atoms with Gasteiger partial charge in [0.2, 0.25) is 0 Å². The predicted molar refractivity (Wildman–Crippen MR) is 110 cm³/mol. The molecule has 3 N–H and O–H groups in total. The molecule has 0 aliphatic heterocycles. The molecule has 29 heavy (non-hydrogen) atoms. The Balaban J connectivity index is 1.68. The fraction of sp³-hybridized carbons (Fsp3) is 0.958. The Morgan fingerprint density at radius 1 is 1.10 bits per heavy atom. The number of fused-ring (bicyclic) bond motifs is 5. The van der Waals surface area contributed by atoms with E-state index in [-0.39, 0.29) is 47.4 Å². The van der Waals surface area contributed by atoms with Crippen molar-refractivity contribution in [2.45, 2.75) is 90.4 Å². The number of rotatable bonds is 4. The summed E-state index contributed by atoms with van der Waals surface area (Å²) in [5.41, 5.74) is 0.0785. The molecule has 0 radical (unpaired) electrons. The number of carboxylic acid groups (broad SMARTS) is 1. The Morgan fingerprint density at radius 2 is 1.83 bits per heavy atom. The summed E-state index contributed by atoms with van der Waals surface area (Å²) < 4.78 is 6.15. The summed E-state index contributed by atoms with van der Waals surface area (Å²) in [6.45, 7) is 6.81. The van der Waals surface area contributed by atoms with Gasteiger partial charge in [0, 0.05) is 18.9 Å². The van der Waals surface area contributed by atoms with Crippen LogP contribution in [0.15, 0.2) is 0 Å². The molecule has 0 aromatic heterocycles. The van der Waals surface area contributed by atoms with Crippen molar-refractivity contribution in [1.82, 2.24) is 0 Å². The molecule has 4 aliphatic carbocycles. The average Bonchev–Trinajstić information content (AvgIpc) is 3.00. The van der Waals surface area contributed by atoms with E-state index in [2.05, 4.69) is 20.8 Å². The molecule has 4 fully saturated rings. The zero-order valence-electron chi connectivity index (χ0n) is 18.5. The van der Waals surface area contributed by atoms with Crippen LogP contribution in [0.5, 0.6) is 0 Å². The first-order valence-corrected chi connectivity index (χ1v) is 11.7. The van der Waals surface area contributed by atoms with Crippen molar-refractivity contribution < 1.29 is 24.9 Å². The second-order valence-corrected chi connectivity index (χ2v) is 11.3. The van der Waals surface area contributed by atoms with E-state index >= 15 is 0 Å². The van der Waals surface area contributed by atoms with E-state index in [0.29, 0.717) is 23.7 Å². The van der Waals surface area contributed by atoms with Gasteiger partial charge in [-0.15, -0.1) is 0 Å². The first-order valence-electron chi connectivity index (χ1n) is 11.7. The van der Waals surface area contributed by atoms with Crippen molar-refractivity contribution >= 4 is 5.97 Å². The number of carbonyl (C=O) groups is 1. The molecule has 0 bridgehead atoms. The highest BCUT2D eigenvalue weighted by Gasteiger charge is 2.66. The van der Waals surface area contributed by atoms with Crippen molar-refractivity contribution in [1.29, 1.82) is 0 Å². The largest absolute Gasteiger partial charge is 0.481 e. The van der Waals surface area contributed by atoms with Crippen molar-refractivity contribution in [3.63, 3.8) is 0 Å². The van der Waals surface area contributed by atoms with Crippen molar-refractivity contribution in [3.8, 4) is 0 Å². The number of aliphatic hydroxyl groups excluding tert-OH is 2. The molecule has 11 atom stereocenters. The average molecular weight is 409 g/mol. The number of ether oxygens (including phenoxy) is 1. The highest BCUT2D eigenvalue weighted by Crippen LogP contribution is 2.68. The van der Waals surface area contributed by atoms with E-state index in [1.165, 1.54) is 0 Å². The zero-order chi connectivity index (χ0) is 21.1. The number of methoxy groups -OCH3 is 1. The predicted octanol–water partition coefficient (Wildman–Crippen LogP) is 3.71. The molecular weight excluding hydrogens is 368 g/mol. The summed E-state index contributed by atoms with van der Waals surface area (Å²) in [5.74, 6) is 1.16. The minimum atomic E-state index is -0.721. The van der Waals surface area contributed by atoms with Gasteiger partial charge in [-0.25, -0.2) is 0 Å². The van der Waals surface area contributed by atoms with E-state index in [1.54, 1.807) is 0 Å². The summed E-state index contributed by atoms with van der Waals surface area (Å²) in [6.07, 6.45) is 6.32. The molecule has 0 aromatic rings. The van der Waals surface area contributed by atoms with Crippen LogP contribution in [0.4, 0.5) is 0 Å². The number of aliphatic carboxylic acids is 1. The highest BCUT2D eigenvalue weighted by molar-refractivity contribution is 5.67. The van der Waals surface area contributed by atoms with Gasteiger partial charge in [-0.3, -0.25) is 4.79 Å². The second-order valence-electron chi connectivity index (χ2n) is 11.3. The smallest absolute Gasteiger partial charge is 0.303 e. The Labute approximate surface area is 175 Å². The lowest BCUT2D eigenvalue weighted by Crippen LogP contribution is -2.62. The maximum atomic E-state index is 11.4. The summed E-state index contributed by atoms with van der Waals surface area (Å²) in [5, 5.41) is 30.9. The summed E-state index contributed by atoms with van der Waals surface area (Å²) in [6, 6.07) is 0. The lowest BCUT2D eigenvalue weighted by molar-refractivity contribution is -0.212. The van der Waals surface area contributed by atoms with Gasteiger partial charge in [-0.1, -0.05) is 20.8 Å². The van der Waals surface area contributed by atoms with Crippen molar-refractivity contribution in [2.24, 2.45) is 46.3 Å². The van der Waals surface area contributed by atoms with Crippen LogP contribution < -0.4 is 0 Å². The first-order chi connectivity index (χ1) is 13.6. The van der Waals surface area contributed by atoms with Crippen LogP contribution in [-0.2, 0) is 9.53 Å². The Kier molecular flexibility index (Phi) is 5.57. The Hall–Kier alpha value is -0.650. The monoisotopic (exact) mass is 408 g/mol. The molecule has 5 nitrogen and oxygen atoms in total. The molecule has 0 saturated heterocycles. The maximum absolute atomic E-state index is 11.4. The molecule has 0 heterocycles. The molecule has 5 heteroatoms. The van der Waals surface area contributed by atoms with Gasteiger partial charge >= 0.3 is 5.97 Å². The standard InChI is InChI=1S/C24H40O5/c1-13(9-21(27)28)16-5-6-17-22-18(12-20(29-4)24(16,17)3)23(2)8-7-15(25)10-14(23)11-19(22)26/h13-20,22,25-26H,5-12H2,1-4H3,(H,27,28). The molecule has 4 rings (SSSR count). The molecule has 0 amide bonds. The maximum Gasteiger partial charge on any atom is 0.303 e. The number of aliphatic hydroxyl groups is 2. The van der Waals surface area contributed by atoms with E-state index in [1.807, 2.05) is 7.11 Å². The minimum Gasteiger partial charge on any atom is -0.481 e. The van der Waals surface area contributed by atoms with Gasteiger partial charge in [0.15, 0.2) is 0 Å². The van der Waals surface area contributed by atoms with Crippen LogP contribution in [0, 0.1) is 46.3 Å². The lowest BCUT2D eigenvalue weighted by atomic mass is 9.43. The number of carboxylic acids is 1. The summed E-state index contributed by atoms with van der Waals surface area (Å²) >= 11 is 0. The molecule has 0 spiro atoms. The van der Waals surface area contributed by atoms with Crippen LogP contribution in [-0.4, -0.2) is 46.7 Å². The minimum absolute atomic E-state index is 0.0802. The van der Waals surface area contributed by atoms with Crippen molar-refractivity contribution in [3.05, 3.63) is 0 Å². The number of hydrogen-bond acceptors (Lipinski definition) is 4. The Morgan fingerprint density at radius 3 is 2.48 bits per heavy atom. The van der Waals surface area contributed by atoms with Crippen LogP contribution in [0.3, 0.4) is 0 Å². The highest BCUT2D eigenvalue weighted by atomic mass is 16.5. The molecule has 11 unspecified atom stereocenters. The van der Waals surface area contributed by atoms with Gasteiger partial charge in [0.25, 0.3) is 0 Å². The zero-order valence-corrected chi connectivity index (χ0v) is 18.5. The van der Waals surface area contributed by atoms with E-state index in [0.717, 1.165) is 44.9 Å². The molecule has 0 aromatic carbocycles. The van der Waals surface area contributed by atoms with Crippen LogP contribution in [0.25, 0.3) is 0 Å². The first kappa shape index (κ1) is 21.6. The third-order valence-corrected chi connectivity index (χ3v) is 10.3. The van der Waals surface area contributed by atoms with Crippen LogP contribution in [0.2, 0.25) is 0 Å². The summed E-state index contributed by atoms with van der Waals surface area (Å²) in [7, 11) is 1.81. The molecular formula is C24H40O5. The van der Waals surface area contributed by atoms with E-state index in [4.69, 9.17) is 4.74 Å². The van der Waals surface area contributed by atoms with Gasteiger partial charge in [0.05, 0.1) is 18.3 Å². The molecule has 166 valence electrons. The van der Waals surface area contributed by atoms with Crippen molar-refractivity contribution in [2.75, 3.05) is 7.11 Å².